The summed E-state index contributed by atoms with van der Waals surface area (Å²) in [5.74, 6) is -0.433. The number of nitrogens with zero attached hydrogens (tertiary/aromatic N) is 2. The van der Waals surface area contributed by atoms with E-state index < -0.39 is 5.97 Å². The fourth-order valence-electron chi connectivity index (χ4n) is 3.75. The highest BCUT2D eigenvalue weighted by Crippen LogP contribution is 2.39. The van der Waals surface area contributed by atoms with E-state index in [0.717, 1.165) is 17.0 Å². The second-order valence-corrected chi connectivity index (χ2v) is 8.22. The van der Waals surface area contributed by atoms with Crippen LogP contribution in [0.1, 0.15) is 29.8 Å². The molecule has 0 amide bonds. The molecule has 0 saturated carbocycles. The summed E-state index contributed by atoms with van der Waals surface area (Å²) in [6.45, 7) is 4.46. The minimum atomic E-state index is -0.433. The molecule has 0 saturated heterocycles. The predicted molar refractivity (Wildman–Crippen MR) is 121 cm³/mol. The molecule has 4 rings (SSSR count). The van der Waals surface area contributed by atoms with E-state index >= 15 is 0 Å². The number of hydrogen-bond donors (Lipinski definition) is 0. The summed E-state index contributed by atoms with van der Waals surface area (Å²) in [5, 5.41) is 7.31. The van der Waals surface area contributed by atoms with Crippen molar-refractivity contribution in [2.45, 2.75) is 19.9 Å². The van der Waals surface area contributed by atoms with Crippen molar-refractivity contribution in [2.75, 3.05) is 11.6 Å². The van der Waals surface area contributed by atoms with Gasteiger partial charge in [0.15, 0.2) is 0 Å². The molecule has 5 heteroatoms. The van der Waals surface area contributed by atoms with Crippen LogP contribution >= 0.6 is 11.6 Å². The van der Waals surface area contributed by atoms with Gasteiger partial charge < -0.3 is 4.74 Å². The Morgan fingerprint density at radius 2 is 1.57 bits per heavy atom. The van der Waals surface area contributed by atoms with Crippen LogP contribution in [0.25, 0.3) is 0 Å². The normalized spacial score (nSPS) is 17.5. The minimum Gasteiger partial charge on any atom is -0.460 e. The van der Waals surface area contributed by atoms with Crippen molar-refractivity contribution in [3.8, 4) is 0 Å². The third kappa shape index (κ3) is 3.83. The van der Waals surface area contributed by atoms with Crippen molar-refractivity contribution >= 4 is 29.0 Å². The molecule has 0 fully saturated rings. The first-order valence-electron chi connectivity index (χ1n) is 9.89. The van der Waals surface area contributed by atoms with Gasteiger partial charge in [-0.1, -0.05) is 86.1 Å². The smallest absolute Gasteiger partial charge is 0.339 e. The number of anilines is 1. The molecule has 0 bridgehead atoms. The molecular weight excluding hydrogens is 396 g/mol. The molecule has 4 nitrogen and oxygen atoms in total. The maximum absolute atomic E-state index is 12.7. The second kappa shape index (κ2) is 8.33. The molecule has 1 unspecified atom stereocenters. The molecular formula is C25H23ClN2O2. The Hall–Kier alpha value is -3.11. The Kier molecular flexibility index (Phi) is 5.60. The molecule has 0 N–H and O–H groups in total. The van der Waals surface area contributed by atoms with E-state index in [-0.39, 0.29) is 18.1 Å². The predicted octanol–water partition coefficient (Wildman–Crippen LogP) is 5.82. The van der Waals surface area contributed by atoms with Gasteiger partial charge in [0.25, 0.3) is 0 Å². The average Bonchev–Trinajstić information content (AvgIpc) is 3.03. The van der Waals surface area contributed by atoms with Crippen LogP contribution in [0.5, 0.6) is 0 Å². The summed E-state index contributed by atoms with van der Waals surface area (Å²) in [4.78, 5) is 12.7. The Labute approximate surface area is 181 Å². The Bertz CT molecular complexity index is 1060. The van der Waals surface area contributed by atoms with E-state index in [4.69, 9.17) is 21.4 Å². The molecule has 30 heavy (non-hydrogen) atoms. The summed E-state index contributed by atoms with van der Waals surface area (Å²) in [7, 11) is 0. The van der Waals surface area contributed by atoms with Crippen LogP contribution < -0.4 is 5.01 Å². The van der Waals surface area contributed by atoms with Gasteiger partial charge in [-0.15, -0.1) is 0 Å². The van der Waals surface area contributed by atoms with E-state index in [9.17, 15) is 4.79 Å². The number of carbonyl (C=O) groups is 1. The molecule has 0 spiro atoms. The van der Waals surface area contributed by atoms with Gasteiger partial charge in [0.1, 0.15) is 6.61 Å². The number of rotatable bonds is 5. The van der Waals surface area contributed by atoms with Crippen LogP contribution in [0.3, 0.4) is 0 Å². The standard InChI is InChI=1S/C25H23ClN2O2/c1-25(2)22(17-30-24(29)20-15-9-10-16-21(20)26)28(19-13-7-4-8-14-19)27-23(25)18-11-5-3-6-12-18/h3-16,22H,17H2,1-2H3. The first kappa shape index (κ1) is 20.2. The Morgan fingerprint density at radius 3 is 2.23 bits per heavy atom. The third-order valence-electron chi connectivity index (χ3n) is 5.48. The molecule has 0 aromatic heterocycles. The fourth-order valence-corrected chi connectivity index (χ4v) is 3.96. The monoisotopic (exact) mass is 418 g/mol. The lowest BCUT2D eigenvalue weighted by Gasteiger charge is -2.32. The van der Waals surface area contributed by atoms with Crippen LogP contribution in [0.4, 0.5) is 5.69 Å². The van der Waals surface area contributed by atoms with E-state index in [1.807, 2.05) is 53.5 Å². The zero-order valence-electron chi connectivity index (χ0n) is 17.0. The highest BCUT2D eigenvalue weighted by atomic mass is 35.5. The first-order valence-corrected chi connectivity index (χ1v) is 10.3. The summed E-state index contributed by atoms with van der Waals surface area (Å²) in [6.07, 6.45) is 0. The highest BCUT2D eigenvalue weighted by molar-refractivity contribution is 6.33. The van der Waals surface area contributed by atoms with E-state index in [1.165, 1.54) is 0 Å². The third-order valence-corrected chi connectivity index (χ3v) is 5.81. The highest BCUT2D eigenvalue weighted by Gasteiger charge is 2.46. The van der Waals surface area contributed by atoms with Crippen molar-refractivity contribution < 1.29 is 9.53 Å². The lowest BCUT2D eigenvalue weighted by atomic mass is 9.78. The van der Waals surface area contributed by atoms with Crippen LogP contribution in [-0.2, 0) is 4.74 Å². The number of hydrogen-bond acceptors (Lipinski definition) is 4. The average molecular weight is 419 g/mol. The zero-order chi connectivity index (χ0) is 21.1. The minimum absolute atomic E-state index is 0.165. The van der Waals surface area contributed by atoms with Gasteiger partial charge in [0.05, 0.1) is 28.0 Å². The molecule has 152 valence electrons. The quantitative estimate of drug-likeness (QED) is 0.490. The van der Waals surface area contributed by atoms with Gasteiger partial charge in [0, 0.05) is 5.41 Å². The molecule has 1 aliphatic rings. The maximum Gasteiger partial charge on any atom is 0.339 e. The summed E-state index contributed by atoms with van der Waals surface area (Å²) in [6, 6.07) is 26.8. The second-order valence-electron chi connectivity index (χ2n) is 7.81. The van der Waals surface area contributed by atoms with Crippen molar-refractivity contribution in [1.82, 2.24) is 0 Å². The van der Waals surface area contributed by atoms with Crippen LogP contribution in [0.2, 0.25) is 5.02 Å². The molecule has 3 aromatic rings. The summed E-state index contributed by atoms with van der Waals surface area (Å²) < 4.78 is 5.73. The fraction of sp³-hybridized carbons (Fsp3) is 0.200. The van der Waals surface area contributed by atoms with Gasteiger partial charge >= 0.3 is 5.97 Å². The largest absolute Gasteiger partial charge is 0.460 e. The van der Waals surface area contributed by atoms with E-state index in [2.05, 4.69) is 26.0 Å². The van der Waals surface area contributed by atoms with Gasteiger partial charge in [-0.05, 0) is 29.8 Å². The maximum atomic E-state index is 12.7. The summed E-state index contributed by atoms with van der Waals surface area (Å²) >= 11 is 6.16. The molecule has 0 radical (unpaired) electrons. The van der Waals surface area contributed by atoms with Crippen molar-refractivity contribution in [3.05, 3.63) is 101 Å². The Morgan fingerprint density at radius 1 is 0.967 bits per heavy atom. The van der Waals surface area contributed by atoms with Gasteiger partial charge in [-0.25, -0.2) is 4.79 Å². The number of carbonyl (C=O) groups excluding carboxylic acids is 1. The molecule has 1 aliphatic heterocycles. The zero-order valence-corrected chi connectivity index (χ0v) is 17.7. The van der Waals surface area contributed by atoms with Crippen molar-refractivity contribution in [2.24, 2.45) is 10.5 Å². The topological polar surface area (TPSA) is 41.9 Å². The van der Waals surface area contributed by atoms with Gasteiger partial charge in [-0.3, -0.25) is 5.01 Å². The van der Waals surface area contributed by atoms with Crippen LogP contribution in [0, 0.1) is 5.41 Å². The first-order chi connectivity index (χ1) is 14.5. The van der Waals surface area contributed by atoms with Gasteiger partial charge in [-0.2, -0.15) is 5.10 Å². The van der Waals surface area contributed by atoms with E-state index in [1.54, 1.807) is 24.3 Å². The number of para-hydroxylation sites is 1. The molecule has 1 heterocycles. The number of hydrazone groups is 1. The molecule has 0 aliphatic carbocycles. The van der Waals surface area contributed by atoms with E-state index in [0.29, 0.717) is 10.6 Å². The SMILES string of the molecule is CC1(C)C(c2ccccc2)=NN(c2ccccc2)C1COC(=O)c1ccccc1Cl. The number of benzene rings is 3. The lowest BCUT2D eigenvalue weighted by molar-refractivity contribution is 0.0450. The molecule has 3 aromatic carbocycles. The van der Waals surface area contributed by atoms with Crippen LogP contribution in [-0.4, -0.2) is 24.3 Å². The number of halogens is 1. The van der Waals surface area contributed by atoms with Crippen molar-refractivity contribution in [3.63, 3.8) is 0 Å². The molecule has 1 atom stereocenters. The van der Waals surface area contributed by atoms with Crippen molar-refractivity contribution in [1.29, 1.82) is 0 Å². The van der Waals surface area contributed by atoms with Crippen LogP contribution in [0.15, 0.2) is 90.0 Å². The number of esters is 1. The van der Waals surface area contributed by atoms with Gasteiger partial charge in [0.2, 0.25) is 0 Å². The number of ether oxygens (including phenoxy) is 1. The summed E-state index contributed by atoms with van der Waals surface area (Å²) in [5.41, 5.74) is 2.99. The lowest BCUT2D eigenvalue weighted by Crippen LogP contribution is -2.44. The Balaban J connectivity index is 1.64.